The van der Waals surface area contributed by atoms with Gasteiger partial charge in [0.05, 0.1) is 0 Å². The molecule has 0 saturated heterocycles. The van der Waals surface area contributed by atoms with Gasteiger partial charge in [0.15, 0.2) is 17.0 Å². The molecule has 0 unspecified atom stereocenters. The predicted octanol–water partition coefficient (Wildman–Crippen LogP) is 0.0400. The first-order valence-electron chi connectivity index (χ1n) is 4.09. The average Bonchev–Trinajstić information content (AvgIpc) is 2.58. The first-order chi connectivity index (χ1) is 7.47. The van der Waals surface area contributed by atoms with E-state index in [1.54, 1.807) is 0 Å². The Kier molecular flexibility index (Phi) is 2.85. The minimum Gasteiger partial charge on any atom is -0.382 e. The Morgan fingerprint density at radius 1 is 1.44 bits per heavy atom. The molecule has 0 fully saturated rings. The summed E-state index contributed by atoms with van der Waals surface area (Å²) in [5, 5.41) is 0. The number of hydrogen-bond donors (Lipinski definition) is 3. The molecule has 0 aliphatic carbocycles. The fraction of sp³-hybridized carbons (Fsp3) is 0.167. The van der Waals surface area contributed by atoms with Crippen molar-refractivity contribution in [2.45, 2.75) is 0 Å². The van der Waals surface area contributed by atoms with Crippen LogP contribution in [0.5, 0.6) is 0 Å². The number of aromatic nitrogens is 4. The van der Waals surface area contributed by atoms with Crippen molar-refractivity contribution in [1.82, 2.24) is 18.9 Å². The number of fused-ring (bicyclic) bond motifs is 1. The Morgan fingerprint density at radius 3 is 2.88 bits per heavy atom. The zero-order valence-electron chi connectivity index (χ0n) is 7.89. The fourth-order valence-electron chi connectivity index (χ4n) is 1.06. The van der Waals surface area contributed by atoms with Crippen molar-refractivity contribution in [2.24, 2.45) is 0 Å². The van der Waals surface area contributed by atoms with Gasteiger partial charge >= 0.3 is 7.60 Å². The summed E-state index contributed by atoms with van der Waals surface area (Å²) < 4.78 is 12.2. The molecule has 0 bridgehead atoms. The second-order valence-corrected chi connectivity index (χ2v) is 5.94. The normalized spacial score (nSPS) is 12.1. The van der Waals surface area contributed by atoms with E-state index in [9.17, 15) is 4.57 Å². The van der Waals surface area contributed by atoms with Crippen LogP contribution in [0.1, 0.15) is 0 Å². The van der Waals surface area contributed by atoms with Crippen LogP contribution in [0, 0.1) is 0 Å². The van der Waals surface area contributed by atoms with Gasteiger partial charge in [0, 0.05) is 0 Å². The van der Waals surface area contributed by atoms with Crippen LogP contribution in [-0.4, -0.2) is 34.2 Å². The highest BCUT2D eigenvalue weighted by Crippen LogP contribution is 2.39. The smallest absolute Gasteiger partial charge is 0.337 e. The molecule has 0 radical (unpaired) electrons. The van der Waals surface area contributed by atoms with Crippen LogP contribution in [0.3, 0.4) is 0 Å². The van der Waals surface area contributed by atoms with Crippen molar-refractivity contribution in [3.8, 4) is 0 Å². The summed E-state index contributed by atoms with van der Waals surface area (Å²) in [6, 6.07) is 0. The molecular weight excluding hydrogens is 253 g/mol. The van der Waals surface area contributed by atoms with Gasteiger partial charge in [-0.1, -0.05) is 0 Å². The molecular formula is C6H8N5O3PS. The summed E-state index contributed by atoms with van der Waals surface area (Å²) in [4.78, 5) is 29.1. The fourth-order valence-corrected chi connectivity index (χ4v) is 2.53. The van der Waals surface area contributed by atoms with E-state index in [2.05, 4.69) is 15.0 Å². The number of imidazole rings is 1. The lowest BCUT2D eigenvalue weighted by molar-refractivity contribution is 0.379. The summed E-state index contributed by atoms with van der Waals surface area (Å²) in [6.45, 7) is 0. The quantitative estimate of drug-likeness (QED) is 0.661. The molecule has 0 amide bonds. The van der Waals surface area contributed by atoms with E-state index < -0.39 is 7.60 Å². The third-order valence-electron chi connectivity index (χ3n) is 1.70. The zero-order valence-corrected chi connectivity index (χ0v) is 9.60. The minimum absolute atomic E-state index is 0.237. The highest BCUT2D eigenvalue weighted by atomic mass is 32.2. The number of anilines is 1. The minimum atomic E-state index is -4.06. The van der Waals surface area contributed by atoms with Gasteiger partial charge in [0.1, 0.15) is 18.1 Å². The van der Waals surface area contributed by atoms with E-state index in [4.69, 9.17) is 15.5 Å². The Balaban J connectivity index is 2.32. The third-order valence-corrected chi connectivity index (χ3v) is 4.05. The van der Waals surface area contributed by atoms with Gasteiger partial charge in [-0.15, -0.1) is 0 Å². The molecule has 2 aromatic rings. The Bertz CT molecular complexity index is 566. The van der Waals surface area contributed by atoms with Crippen LogP contribution >= 0.6 is 19.5 Å². The summed E-state index contributed by atoms with van der Waals surface area (Å²) >= 11 is 0.917. The van der Waals surface area contributed by atoms with Crippen molar-refractivity contribution in [3.63, 3.8) is 0 Å². The number of rotatable bonds is 3. The molecule has 0 saturated carbocycles. The molecule has 2 rings (SSSR count). The van der Waals surface area contributed by atoms with Crippen LogP contribution < -0.4 is 5.73 Å². The Hall–Kier alpha value is -1.15. The Morgan fingerprint density at radius 2 is 2.19 bits per heavy atom. The van der Waals surface area contributed by atoms with Crippen molar-refractivity contribution in [3.05, 3.63) is 12.7 Å². The molecule has 0 atom stereocenters. The molecule has 2 aromatic heterocycles. The topological polar surface area (TPSA) is 127 Å². The lowest BCUT2D eigenvalue weighted by Gasteiger charge is -2.03. The average molecular weight is 261 g/mol. The number of nitrogen functional groups attached to an aromatic ring is 1. The van der Waals surface area contributed by atoms with E-state index in [1.165, 1.54) is 16.6 Å². The maximum Gasteiger partial charge on any atom is 0.337 e. The standard InChI is InChI=1S/C6H8N5O3PS/c7-5-4-6(9-1-8-5)11(2-10-4)16-3-15(12,13)14/h1-2H,3H2,(H2,7,8,9)(H2,12,13,14). The number of nitrogens with two attached hydrogens (primary N) is 1. The first kappa shape index (κ1) is 11.3. The molecule has 0 aliphatic heterocycles. The van der Waals surface area contributed by atoms with Crippen molar-refractivity contribution < 1.29 is 14.4 Å². The van der Waals surface area contributed by atoms with E-state index in [0.717, 1.165) is 11.9 Å². The molecule has 0 spiro atoms. The van der Waals surface area contributed by atoms with E-state index in [1.807, 2.05) is 0 Å². The first-order valence-corrected chi connectivity index (χ1v) is 6.83. The second-order valence-electron chi connectivity index (χ2n) is 2.92. The molecule has 16 heavy (non-hydrogen) atoms. The maximum atomic E-state index is 10.7. The molecule has 0 aromatic carbocycles. The summed E-state index contributed by atoms with van der Waals surface area (Å²) in [5.41, 5.74) is 6.07. The molecule has 86 valence electrons. The highest BCUT2D eigenvalue weighted by molar-refractivity contribution is 8.03. The van der Waals surface area contributed by atoms with Gasteiger partial charge in [-0.05, 0) is 11.9 Å². The van der Waals surface area contributed by atoms with Gasteiger partial charge in [-0.3, -0.25) is 8.54 Å². The molecule has 4 N–H and O–H groups in total. The predicted molar refractivity (Wildman–Crippen MR) is 59.6 cm³/mol. The van der Waals surface area contributed by atoms with Crippen LogP contribution in [0.4, 0.5) is 5.82 Å². The lowest BCUT2D eigenvalue weighted by atomic mass is 10.5. The summed E-state index contributed by atoms with van der Waals surface area (Å²) in [5.74, 6) is 0.237. The summed E-state index contributed by atoms with van der Waals surface area (Å²) in [7, 11) is -4.06. The molecule has 8 nitrogen and oxygen atoms in total. The Labute approximate surface area is 94.2 Å². The SMILES string of the molecule is Nc1ncnc2c1ncn2SCP(=O)(O)O. The van der Waals surface area contributed by atoms with Crippen LogP contribution in [-0.2, 0) is 4.57 Å². The highest BCUT2D eigenvalue weighted by Gasteiger charge is 2.15. The molecule has 0 aliphatic rings. The van der Waals surface area contributed by atoms with Crippen LogP contribution in [0.25, 0.3) is 11.2 Å². The van der Waals surface area contributed by atoms with Crippen molar-refractivity contribution in [1.29, 1.82) is 0 Å². The van der Waals surface area contributed by atoms with Gasteiger partial charge in [-0.25, -0.2) is 15.0 Å². The monoisotopic (exact) mass is 261 g/mol. The van der Waals surface area contributed by atoms with Crippen LogP contribution in [0.2, 0.25) is 0 Å². The third kappa shape index (κ3) is 2.33. The van der Waals surface area contributed by atoms with Gasteiger partial charge in [-0.2, -0.15) is 0 Å². The van der Waals surface area contributed by atoms with Crippen molar-refractivity contribution in [2.75, 3.05) is 11.2 Å². The van der Waals surface area contributed by atoms with E-state index in [0.29, 0.717) is 11.2 Å². The number of nitrogens with zero attached hydrogens (tertiary/aromatic N) is 4. The van der Waals surface area contributed by atoms with Gasteiger partial charge in [0.25, 0.3) is 0 Å². The molecule has 2 heterocycles. The largest absolute Gasteiger partial charge is 0.382 e. The zero-order chi connectivity index (χ0) is 11.8. The van der Waals surface area contributed by atoms with Crippen molar-refractivity contribution >= 4 is 36.5 Å². The molecule has 10 heteroatoms. The maximum absolute atomic E-state index is 10.7. The van der Waals surface area contributed by atoms with Crippen LogP contribution in [0.15, 0.2) is 12.7 Å². The van der Waals surface area contributed by atoms with E-state index >= 15 is 0 Å². The lowest BCUT2D eigenvalue weighted by Crippen LogP contribution is -1.95. The number of hydrogen-bond acceptors (Lipinski definition) is 6. The van der Waals surface area contributed by atoms with Gasteiger partial charge in [0.2, 0.25) is 0 Å². The summed E-state index contributed by atoms with van der Waals surface area (Å²) in [6.07, 6.45) is 2.67. The second kappa shape index (κ2) is 4.02. The van der Waals surface area contributed by atoms with E-state index in [-0.39, 0.29) is 11.3 Å². The van der Waals surface area contributed by atoms with Gasteiger partial charge < -0.3 is 15.5 Å².